The molecule has 170 valence electrons. The molecule has 0 spiro atoms. The number of benzene rings is 1. The van der Waals surface area contributed by atoms with Crippen molar-refractivity contribution in [3.05, 3.63) is 47.9 Å². The van der Waals surface area contributed by atoms with Gasteiger partial charge in [-0.2, -0.15) is 9.57 Å². The molecule has 1 aromatic carbocycles. The number of hydrogen-bond donors (Lipinski definition) is 1. The highest BCUT2D eigenvalue weighted by atomic mass is 32.2. The van der Waals surface area contributed by atoms with E-state index < -0.39 is 10.0 Å². The van der Waals surface area contributed by atoms with Crippen LogP contribution in [0.15, 0.2) is 41.6 Å². The van der Waals surface area contributed by atoms with Crippen molar-refractivity contribution in [3.63, 3.8) is 0 Å². The van der Waals surface area contributed by atoms with Crippen molar-refractivity contribution in [2.75, 3.05) is 37.6 Å². The zero-order valence-electron chi connectivity index (χ0n) is 18.4. The minimum absolute atomic E-state index is 0.186. The average molecular weight is 457 g/mol. The largest absolute Gasteiger partial charge is 0.354 e. The first-order valence-corrected chi connectivity index (χ1v) is 12.2. The Balaban J connectivity index is 1.53. The second-order valence-corrected chi connectivity index (χ2v) is 9.53. The number of amides is 1. The van der Waals surface area contributed by atoms with E-state index in [-0.39, 0.29) is 10.8 Å². The molecule has 1 aliphatic heterocycles. The summed E-state index contributed by atoms with van der Waals surface area (Å²) in [4.78, 5) is 23.1. The number of carbonyl (C=O) groups excluding carboxylic acids is 1. The maximum absolute atomic E-state index is 12.6. The van der Waals surface area contributed by atoms with Gasteiger partial charge in [0.25, 0.3) is 5.91 Å². The molecular formula is C22H28N6O3S. The molecular weight excluding hydrogens is 428 g/mol. The Morgan fingerprint density at radius 1 is 1.16 bits per heavy atom. The van der Waals surface area contributed by atoms with Crippen molar-refractivity contribution in [1.29, 1.82) is 5.26 Å². The Hall–Kier alpha value is -3.03. The lowest BCUT2D eigenvalue weighted by atomic mass is 9.96. The molecule has 0 unspecified atom stereocenters. The quantitative estimate of drug-likeness (QED) is 0.645. The predicted octanol–water partition coefficient (Wildman–Crippen LogP) is 2.03. The van der Waals surface area contributed by atoms with Crippen molar-refractivity contribution in [3.8, 4) is 6.07 Å². The summed E-state index contributed by atoms with van der Waals surface area (Å²) in [7, 11) is -3.54. The summed E-state index contributed by atoms with van der Waals surface area (Å²) >= 11 is 0. The number of aromatic nitrogens is 2. The second kappa shape index (κ2) is 10.5. The van der Waals surface area contributed by atoms with Gasteiger partial charge in [0.2, 0.25) is 10.0 Å². The molecule has 32 heavy (non-hydrogen) atoms. The van der Waals surface area contributed by atoms with Gasteiger partial charge in [-0.1, -0.05) is 13.8 Å². The fourth-order valence-electron chi connectivity index (χ4n) is 3.82. The minimum atomic E-state index is -3.54. The van der Waals surface area contributed by atoms with E-state index in [0.717, 1.165) is 25.9 Å². The molecule has 1 aliphatic rings. The number of nitriles is 1. The van der Waals surface area contributed by atoms with Crippen LogP contribution < -0.4 is 10.2 Å². The van der Waals surface area contributed by atoms with Crippen molar-refractivity contribution in [1.82, 2.24) is 19.6 Å². The molecule has 9 nitrogen and oxygen atoms in total. The van der Waals surface area contributed by atoms with Crippen LogP contribution in [0, 0.1) is 17.2 Å². The van der Waals surface area contributed by atoms with E-state index in [1.807, 2.05) is 0 Å². The van der Waals surface area contributed by atoms with Gasteiger partial charge in [-0.25, -0.2) is 18.4 Å². The van der Waals surface area contributed by atoms with Gasteiger partial charge < -0.3 is 10.2 Å². The highest BCUT2D eigenvalue weighted by Gasteiger charge is 2.24. The van der Waals surface area contributed by atoms with Crippen molar-refractivity contribution < 1.29 is 13.2 Å². The van der Waals surface area contributed by atoms with Crippen LogP contribution in [-0.4, -0.2) is 61.3 Å². The number of piperidine rings is 1. The molecule has 1 fully saturated rings. The van der Waals surface area contributed by atoms with Gasteiger partial charge >= 0.3 is 0 Å². The van der Waals surface area contributed by atoms with E-state index in [1.165, 1.54) is 22.6 Å². The molecule has 1 saturated heterocycles. The molecule has 0 saturated carbocycles. The molecule has 3 rings (SSSR count). The van der Waals surface area contributed by atoms with E-state index in [9.17, 15) is 18.5 Å². The molecule has 1 amide bonds. The summed E-state index contributed by atoms with van der Waals surface area (Å²) in [6.07, 6.45) is 4.82. The Bertz CT molecular complexity index is 1070. The standard InChI is InChI=1S/C22H28N6O3S/c1-3-28(4-2)32(30,31)19-7-5-18(6-8-19)22(29)26-16-17-9-13-27(14-10-17)21-20(15-23)24-11-12-25-21/h5-8,11-12,17H,3-4,9-10,13-14,16H2,1-2H3,(H,26,29). The molecule has 0 bridgehead atoms. The van der Waals surface area contributed by atoms with Crippen LogP contribution in [-0.2, 0) is 10.0 Å². The maximum atomic E-state index is 12.6. The summed E-state index contributed by atoms with van der Waals surface area (Å²) in [5, 5.41) is 12.2. The van der Waals surface area contributed by atoms with E-state index in [0.29, 0.717) is 42.6 Å². The monoisotopic (exact) mass is 456 g/mol. The van der Waals surface area contributed by atoms with Crippen molar-refractivity contribution >= 4 is 21.7 Å². The Labute approximate surface area is 189 Å². The van der Waals surface area contributed by atoms with E-state index in [2.05, 4.69) is 26.3 Å². The average Bonchev–Trinajstić information content (AvgIpc) is 2.83. The predicted molar refractivity (Wildman–Crippen MR) is 121 cm³/mol. The molecule has 1 aromatic heterocycles. The summed E-state index contributed by atoms with van der Waals surface area (Å²) < 4.78 is 26.5. The molecule has 1 N–H and O–H groups in total. The lowest BCUT2D eigenvalue weighted by Gasteiger charge is -2.32. The Morgan fingerprint density at radius 3 is 2.38 bits per heavy atom. The van der Waals surface area contributed by atoms with E-state index in [1.54, 1.807) is 32.2 Å². The zero-order valence-corrected chi connectivity index (χ0v) is 19.2. The third-order valence-electron chi connectivity index (χ3n) is 5.71. The number of nitrogens with zero attached hydrogens (tertiary/aromatic N) is 5. The summed E-state index contributed by atoms with van der Waals surface area (Å²) in [6.45, 7) is 6.41. The fourth-order valence-corrected chi connectivity index (χ4v) is 5.28. The van der Waals surface area contributed by atoms with E-state index in [4.69, 9.17) is 0 Å². The topological polar surface area (TPSA) is 119 Å². The highest BCUT2D eigenvalue weighted by molar-refractivity contribution is 7.89. The van der Waals surface area contributed by atoms with Crippen molar-refractivity contribution in [2.24, 2.45) is 5.92 Å². The maximum Gasteiger partial charge on any atom is 0.251 e. The SMILES string of the molecule is CCN(CC)S(=O)(=O)c1ccc(C(=O)NCC2CCN(c3nccnc3C#N)CC2)cc1. The van der Waals surface area contributed by atoms with Gasteiger partial charge in [-0.15, -0.1) is 0 Å². The zero-order chi connectivity index (χ0) is 23.1. The van der Waals surface area contributed by atoms with Crippen LogP contribution in [0.5, 0.6) is 0 Å². The Morgan fingerprint density at radius 2 is 1.78 bits per heavy atom. The third-order valence-corrected chi connectivity index (χ3v) is 7.77. The van der Waals surface area contributed by atoms with Gasteiger partial charge in [0.15, 0.2) is 11.5 Å². The second-order valence-electron chi connectivity index (χ2n) is 7.59. The first-order valence-electron chi connectivity index (χ1n) is 10.7. The van der Waals surface area contributed by atoms with Crippen LogP contribution in [0.25, 0.3) is 0 Å². The van der Waals surface area contributed by atoms with Gasteiger partial charge in [-0.3, -0.25) is 4.79 Å². The van der Waals surface area contributed by atoms with Gasteiger partial charge in [0, 0.05) is 50.7 Å². The number of carbonyl (C=O) groups is 1. The fraction of sp³-hybridized carbons (Fsp3) is 0.455. The lowest BCUT2D eigenvalue weighted by molar-refractivity contribution is 0.0944. The summed E-state index contributed by atoms with van der Waals surface area (Å²) in [5.41, 5.74) is 0.755. The van der Waals surface area contributed by atoms with Crippen LogP contribution in [0.1, 0.15) is 42.7 Å². The molecule has 2 aromatic rings. The van der Waals surface area contributed by atoms with Crippen LogP contribution in [0.3, 0.4) is 0 Å². The van der Waals surface area contributed by atoms with Gasteiger partial charge in [0.05, 0.1) is 4.90 Å². The number of sulfonamides is 1. The van der Waals surface area contributed by atoms with Crippen LogP contribution in [0.2, 0.25) is 0 Å². The highest BCUT2D eigenvalue weighted by Crippen LogP contribution is 2.23. The third kappa shape index (κ3) is 5.23. The summed E-state index contributed by atoms with van der Waals surface area (Å²) in [5.74, 6) is 0.705. The lowest BCUT2D eigenvalue weighted by Crippen LogP contribution is -2.39. The molecule has 0 radical (unpaired) electrons. The molecule has 0 aliphatic carbocycles. The minimum Gasteiger partial charge on any atom is -0.354 e. The number of hydrogen-bond acceptors (Lipinski definition) is 7. The van der Waals surface area contributed by atoms with Crippen molar-refractivity contribution in [2.45, 2.75) is 31.6 Å². The van der Waals surface area contributed by atoms with Gasteiger partial charge in [-0.05, 0) is 43.0 Å². The number of rotatable bonds is 8. The Kier molecular flexibility index (Phi) is 7.77. The molecule has 10 heteroatoms. The first-order chi connectivity index (χ1) is 15.4. The number of nitrogens with one attached hydrogen (secondary N) is 1. The number of anilines is 1. The molecule has 0 atom stereocenters. The van der Waals surface area contributed by atoms with E-state index >= 15 is 0 Å². The summed E-state index contributed by atoms with van der Waals surface area (Å²) in [6, 6.07) is 8.13. The first kappa shape index (κ1) is 23.6. The van der Waals surface area contributed by atoms with Crippen LogP contribution in [0.4, 0.5) is 5.82 Å². The normalized spacial score (nSPS) is 14.9. The molecule has 2 heterocycles. The van der Waals surface area contributed by atoms with Crippen LogP contribution >= 0.6 is 0 Å². The van der Waals surface area contributed by atoms with Gasteiger partial charge in [0.1, 0.15) is 6.07 Å². The smallest absolute Gasteiger partial charge is 0.251 e.